The maximum Gasteiger partial charge on any atom is 0.128 e. The molecule has 16 heteroatoms. The molecule has 8 bridgehead atoms. The predicted molar refractivity (Wildman–Crippen MR) is 290 cm³/mol. The summed E-state index contributed by atoms with van der Waals surface area (Å²) in [4.78, 5) is 0. The van der Waals surface area contributed by atoms with Gasteiger partial charge >= 0.3 is 0 Å². The molecule has 16 nitrogen and oxygen atoms in total. The van der Waals surface area contributed by atoms with Crippen molar-refractivity contribution < 1.29 is 78.7 Å². The average Bonchev–Trinajstić information content (AvgIpc) is 3.35. The SMILES string of the molecule is COCCOCc1c(O)c2cc(c1O)C(CC(C)C)c1cc(c(O)c(COCCOC)c1O)C(CC(C)C)c1cc(c(O)c(COCCOC)c1O)C(CC(C)C)c1cc(c(O)c(COCCOC)c1O)C2CC(C)C. The molecular formula is C60H88O16. The molecule has 0 aliphatic heterocycles. The Balaban J connectivity index is 2.14. The van der Waals surface area contributed by atoms with Crippen LogP contribution in [0.3, 0.4) is 0 Å². The normalized spacial score (nSPS) is 16.7. The van der Waals surface area contributed by atoms with Gasteiger partial charge in [-0.15, -0.1) is 0 Å². The molecule has 0 radical (unpaired) electrons. The van der Waals surface area contributed by atoms with Crippen molar-refractivity contribution in [2.24, 2.45) is 23.7 Å². The van der Waals surface area contributed by atoms with E-state index in [4.69, 9.17) is 37.9 Å². The molecule has 76 heavy (non-hydrogen) atoms. The lowest BCUT2D eigenvalue weighted by Gasteiger charge is -2.33. The van der Waals surface area contributed by atoms with Gasteiger partial charge in [0.15, 0.2) is 0 Å². The quantitative estimate of drug-likeness (QED) is 0.0247. The van der Waals surface area contributed by atoms with Crippen LogP contribution in [0.4, 0.5) is 0 Å². The molecule has 0 fully saturated rings. The molecule has 4 aromatic rings. The van der Waals surface area contributed by atoms with Crippen LogP contribution in [0.15, 0.2) is 24.3 Å². The number of methoxy groups -OCH3 is 4. The smallest absolute Gasteiger partial charge is 0.128 e. The lowest BCUT2D eigenvalue weighted by atomic mass is 9.73. The van der Waals surface area contributed by atoms with Crippen molar-refractivity contribution in [1.29, 1.82) is 0 Å². The first-order valence-electron chi connectivity index (χ1n) is 26.8. The summed E-state index contributed by atoms with van der Waals surface area (Å²) in [5, 5.41) is 102. The molecule has 424 valence electrons. The highest BCUT2D eigenvalue weighted by Gasteiger charge is 2.38. The zero-order chi connectivity index (χ0) is 56.0. The summed E-state index contributed by atoms with van der Waals surface area (Å²) in [6.45, 7) is 16.7. The monoisotopic (exact) mass is 1060 g/mol. The third-order valence-electron chi connectivity index (χ3n) is 14.3. The van der Waals surface area contributed by atoms with Crippen molar-refractivity contribution in [3.05, 3.63) is 91.0 Å². The largest absolute Gasteiger partial charge is 0.507 e. The van der Waals surface area contributed by atoms with Gasteiger partial charge in [0.1, 0.15) is 46.0 Å². The molecule has 1 aliphatic carbocycles. The second-order valence-electron chi connectivity index (χ2n) is 21.8. The van der Waals surface area contributed by atoms with Gasteiger partial charge in [0.2, 0.25) is 0 Å². The number of benzene rings is 4. The van der Waals surface area contributed by atoms with Crippen molar-refractivity contribution in [2.75, 3.05) is 81.3 Å². The van der Waals surface area contributed by atoms with Gasteiger partial charge in [-0.2, -0.15) is 0 Å². The van der Waals surface area contributed by atoms with Crippen molar-refractivity contribution in [3.63, 3.8) is 0 Å². The number of rotatable bonds is 28. The van der Waals surface area contributed by atoms with Crippen LogP contribution in [-0.2, 0) is 64.3 Å². The van der Waals surface area contributed by atoms with Crippen LogP contribution in [-0.4, -0.2) is 122 Å². The molecule has 0 saturated carbocycles. The molecule has 0 heterocycles. The fraction of sp³-hybridized carbons (Fsp3) is 0.600. The standard InChI is InChI=1S/C60H88O16/c1-33(2)21-37-41-25-43(55(63)49(53(41)61)29-73-17-13-69-9)38(22-34(3)4)45-27-47(59(67)51(57(45)65)31-75-19-15-71-11)40(24-36(7)8)48-28-46(58(66)52(60(48)68)32-76-20-16-72-12)39(23-35(5)6)44-26-42(37)54(62)50(56(44)64)30-74-18-14-70-10/h25-28,33-40,61-68H,13-24,29-32H2,1-12H3. The molecular weight excluding hydrogens is 977 g/mol. The van der Waals surface area contributed by atoms with E-state index in [2.05, 4.69) is 0 Å². The Labute approximate surface area is 450 Å². The number of fused-ring (bicyclic) bond motifs is 8. The highest BCUT2D eigenvalue weighted by molar-refractivity contribution is 5.67. The minimum atomic E-state index is -0.820. The predicted octanol–water partition coefficient (Wildman–Crippen LogP) is 11.0. The Morgan fingerprint density at radius 2 is 0.447 bits per heavy atom. The third-order valence-corrected chi connectivity index (χ3v) is 14.3. The van der Waals surface area contributed by atoms with E-state index < -0.39 is 23.7 Å². The van der Waals surface area contributed by atoms with Crippen LogP contribution in [0.1, 0.15) is 172 Å². The lowest BCUT2D eigenvalue weighted by Crippen LogP contribution is -2.16. The molecule has 0 amide bonds. The number of phenolic OH excluding ortho intramolecular Hbond substituents is 8. The minimum Gasteiger partial charge on any atom is -0.507 e. The van der Waals surface area contributed by atoms with Crippen molar-refractivity contribution in [3.8, 4) is 46.0 Å². The summed E-state index contributed by atoms with van der Waals surface area (Å²) in [6.07, 6.45) is 1.39. The van der Waals surface area contributed by atoms with Gasteiger partial charge in [0, 0.05) is 96.6 Å². The van der Waals surface area contributed by atoms with Crippen molar-refractivity contribution in [2.45, 2.75) is 131 Å². The van der Waals surface area contributed by atoms with E-state index >= 15 is 0 Å². The fourth-order valence-corrected chi connectivity index (χ4v) is 10.6. The van der Waals surface area contributed by atoms with Gasteiger partial charge in [-0.1, -0.05) is 55.4 Å². The Hall–Kier alpha value is -5.04. The molecule has 0 spiro atoms. The Morgan fingerprint density at radius 1 is 0.289 bits per heavy atom. The van der Waals surface area contributed by atoms with Crippen LogP contribution >= 0.6 is 0 Å². The number of phenols is 8. The molecule has 0 atom stereocenters. The first-order chi connectivity index (χ1) is 36.2. The first kappa shape index (κ1) is 61.8. The van der Waals surface area contributed by atoms with E-state index in [1.54, 1.807) is 52.7 Å². The van der Waals surface area contributed by atoms with E-state index in [0.29, 0.717) is 70.2 Å². The molecule has 4 aromatic carbocycles. The molecule has 0 aromatic heterocycles. The van der Waals surface area contributed by atoms with Gasteiger partial charge in [0.05, 0.1) is 102 Å². The number of hydrogen-bond acceptors (Lipinski definition) is 16. The topological polar surface area (TPSA) is 236 Å². The third kappa shape index (κ3) is 14.7. The van der Waals surface area contributed by atoms with Crippen LogP contribution in [0, 0.1) is 23.7 Å². The van der Waals surface area contributed by atoms with E-state index in [-0.39, 0.29) is 171 Å². The van der Waals surface area contributed by atoms with Gasteiger partial charge in [-0.25, -0.2) is 0 Å². The van der Waals surface area contributed by atoms with Gasteiger partial charge < -0.3 is 78.7 Å². The fourth-order valence-electron chi connectivity index (χ4n) is 10.6. The van der Waals surface area contributed by atoms with Crippen LogP contribution in [0.5, 0.6) is 46.0 Å². The molecule has 0 unspecified atom stereocenters. The van der Waals surface area contributed by atoms with E-state index in [1.807, 2.05) is 55.4 Å². The Bertz CT molecular complexity index is 2040. The highest BCUT2D eigenvalue weighted by atomic mass is 16.5. The van der Waals surface area contributed by atoms with Gasteiger partial charge in [0.25, 0.3) is 0 Å². The second-order valence-corrected chi connectivity index (χ2v) is 21.8. The molecule has 0 saturated heterocycles. The van der Waals surface area contributed by atoms with Crippen LogP contribution < -0.4 is 0 Å². The van der Waals surface area contributed by atoms with Crippen LogP contribution in [0.25, 0.3) is 0 Å². The zero-order valence-electron chi connectivity index (χ0n) is 47.1. The summed E-state index contributed by atoms with van der Waals surface area (Å²) in [7, 11) is 6.18. The number of aromatic hydroxyl groups is 8. The maximum absolute atomic E-state index is 12.7. The minimum absolute atomic E-state index is 0.0590. The summed E-state index contributed by atoms with van der Waals surface area (Å²) >= 11 is 0. The van der Waals surface area contributed by atoms with Crippen molar-refractivity contribution in [1.82, 2.24) is 0 Å². The Kier molecular flexibility index (Phi) is 23.7. The molecule has 1 aliphatic rings. The second kappa shape index (κ2) is 29.1. The highest BCUT2D eigenvalue weighted by Crippen LogP contribution is 2.56. The van der Waals surface area contributed by atoms with E-state index in [0.717, 1.165) is 0 Å². The zero-order valence-corrected chi connectivity index (χ0v) is 47.1. The maximum atomic E-state index is 12.7. The number of hydrogen-bond donors (Lipinski definition) is 8. The number of ether oxygens (including phenoxy) is 8. The average molecular weight is 1070 g/mol. The summed E-state index contributed by atoms with van der Waals surface area (Å²) < 4.78 is 45.4. The van der Waals surface area contributed by atoms with Gasteiger partial charge in [-0.3, -0.25) is 0 Å². The van der Waals surface area contributed by atoms with Crippen molar-refractivity contribution >= 4 is 0 Å². The van der Waals surface area contributed by atoms with Crippen LogP contribution in [0.2, 0.25) is 0 Å². The first-order valence-corrected chi connectivity index (χ1v) is 26.8. The summed E-state index contributed by atoms with van der Waals surface area (Å²) in [6, 6.07) is 6.96. The molecule has 8 N–H and O–H groups in total. The van der Waals surface area contributed by atoms with Gasteiger partial charge in [-0.05, 0) is 73.6 Å². The summed E-state index contributed by atoms with van der Waals surface area (Å²) in [5.74, 6) is -5.64. The lowest BCUT2D eigenvalue weighted by molar-refractivity contribution is 0.0597. The Morgan fingerprint density at radius 3 is 0.579 bits per heavy atom. The molecule has 5 rings (SSSR count). The summed E-state index contributed by atoms with van der Waals surface area (Å²) in [5.41, 5.74) is 3.07. The van der Waals surface area contributed by atoms with E-state index in [9.17, 15) is 40.9 Å². The van der Waals surface area contributed by atoms with E-state index in [1.165, 1.54) is 0 Å².